The van der Waals surface area contributed by atoms with E-state index in [1.807, 2.05) is 35.1 Å². The summed E-state index contributed by atoms with van der Waals surface area (Å²) < 4.78 is 12.8. The predicted octanol–water partition coefficient (Wildman–Crippen LogP) is 6.84. The van der Waals surface area contributed by atoms with Crippen molar-refractivity contribution in [2.24, 2.45) is 0 Å². The van der Waals surface area contributed by atoms with E-state index in [9.17, 15) is 9.90 Å². The molecule has 0 bridgehead atoms. The second-order valence-corrected chi connectivity index (χ2v) is 10.6. The molecule has 4 aromatic rings. The van der Waals surface area contributed by atoms with Crippen LogP contribution in [-0.2, 0) is 18.4 Å². The van der Waals surface area contributed by atoms with Gasteiger partial charge in [0.1, 0.15) is 5.01 Å². The normalized spacial score (nSPS) is 11.5. The number of hydrogen-bond donors (Lipinski definition) is 1. The summed E-state index contributed by atoms with van der Waals surface area (Å²) in [7, 11) is 3.23. The van der Waals surface area contributed by atoms with Crippen LogP contribution in [0.25, 0.3) is 22.0 Å². The second-order valence-electron chi connectivity index (χ2n) is 9.79. The molecule has 4 rings (SSSR count). The van der Waals surface area contributed by atoms with Crippen molar-refractivity contribution < 1.29 is 19.4 Å². The van der Waals surface area contributed by atoms with Crippen LogP contribution in [0.1, 0.15) is 48.0 Å². The maximum atomic E-state index is 11.9. The van der Waals surface area contributed by atoms with Crippen molar-refractivity contribution in [1.29, 1.82) is 0 Å². The van der Waals surface area contributed by atoms with Gasteiger partial charge in [-0.3, -0.25) is 0 Å². The van der Waals surface area contributed by atoms with E-state index in [0.29, 0.717) is 35.7 Å². The highest BCUT2D eigenvalue weighted by Crippen LogP contribution is 2.33. The summed E-state index contributed by atoms with van der Waals surface area (Å²) in [5.41, 5.74) is 6.07. The molecule has 7 heteroatoms. The first kappa shape index (κ1) is 25.5. The fraction of sp³-hybridized carbons (Fsp3) is 0.310. The molecule has 0 amide bonds. The molecule has 2 heterocycles. The number of carboxylic acid groups (broad SMARTS) is 1. The third kappa shape index (κ3) is 5.16. The van der Waals surface area contributed by atoms with Gasteiger partial charge in [-0.2, -0.15) is 0 Å². The topological polar surface area (TPSA) is 73.6 Å². The minimum atomic E-state index is -0.938. The fourth-order valence-corrected chi connectivity index (χ4v) is 5.10. The molecule has 6 nitrogen and oxygen atoms in total. The van der Waals surface area contributed by atoms with Crippen LogP contribution in [0.15, 0.2) is 53.9 Å². The lowest BCUT2D eigenvalue weighted by molar-refractivity contribution is 0.0696. The molecule has 0 aliphatic heterocycles. The minimum absolute atomic E-state index is 0.0893. The van der Waals surface area contributed by atoms with Gasteiger partial charge in [0.2, 0.25) is 0 Å². The number of rotatable bonds is 8. The summed E-state index contributed by atoms with van der Waals surface area (Å²) in [5, 5.41) is 12.7. The Morgan fingerprint density at radius 3 is 2.33 bits per heavy atom. The molecule has 2 aromatic carbocycles. The maximum absolute atomic E-state index is 11.9. The first-order chi connectivity index (χ1) is 17.1. The molecule has 36 heavy (non-hydrogen) atoms. The lowest BCUT2D eigenvalue weighted by atomic mass is 9.87. The Hall–Kier alpha value is -3.58. The van der Waals surface area contributed by atoms with Gasteiger partial charge in [-0.05, 0) is 48.1 Å². The molecule has 1 N–H and O–H groups in total. The summed E-state index contributed by atoms with van der Waals surface area (Å²) in [6, 6.07) is 16.1. The smallest absolute Gasteiger partial charge is 0.337 e. The molecule has 0 atom stereocenters. The Labute approximate surface area is 216 Å². The summed E-state index contributed by atoms with van der Waals surface area (Å²) >= 11 is 1.56. The van der Waals surface area contributed by atoms with E-state index in [1.165, 1.54) is 5.56 Å². The first-order valence-electron chi connectivity index (χ1n) is 11.8. The van der Waals surface area contributed by atoms with Crippen molar-refractivity contribution >= 4 is 17.3 Å². The van der Waals surface area contributed by atoms with Crippen LogP contribution < -0.4 is 9.47 Å². The maximum Gasteiger partial charge on any atom is 0.337 e. The molecule has 0 saturated heterocycles. The lowest BCUT2D eigenvalue weighted by Gasteiger charge is -2.18. The minimum Gasteiger partial charge on any atom is -0.493 e. The average Bonchev–Trinajstić information content (AvgIpc) is 3.47. The zero-order valence-electron chi connectivity index (χ0n) is 21.6. The van der Waals surface area contributed by atoms with E-state index < -0.39 is 5.97 Å². The second kappa shape index (κ2) is 10.2. The van der Waals surface area contributed by atoms with E-state index in [-0.39, 0.29) is 5.41 Å². The number of aromatic carboxylic acids is 1. The number of benzene rings is 2. The average molecular weight is 505 g/mol. The number of carbonyl (C=O) groups is 1. The molecule has 2 aromatic heterocycles. The van der Waals surface area contributed by atoms with Gasteiger partial charge >= 0.3 is 5.97 Å². The fourth-order valence-electron chi connectivity index (χ4n) is 4.28. The van der Waals surface area contributed by atoms with Crippen molar-refractivity contribution in [2.45, 2.75) is 46.1 Å². The molecule has 0 aliphatic rings. The van der Waals surface area contributed by atoms with Gasteiger partial charge in [0, 0.05) is 23.2 Å². The van der Waals surface area contributed by atoms with E-state index in [4.69, 9.17) is 14.5 Å². The Morgan fingerprint density at radius 1 is 1.03 bits per heavy atom. The molecule has 0 saturated carbocycles. The molecule has 0 radical (unpaired) electrons. The number of ether oxygens (including phenoxy) is 2. The highest BCUT2D eigenvalue weighted by atomic mass is 32.1. The molecular weight excluding hydrogens is 472 g/mol. The van der Waals surface area contributed by atoms with Crippen molar-refractivity contribution in [1.82, 2.24) is 9.55 Å². The third-order valence-corrected chi connectivity index (χ3v) is 7.32. The molecule has 0 spiro atoms. The van der Waals surface area contributed by atoms with Crippen molar-refractivity contribution in [3.63, 3.8) is 0 Å². The Balaban J connectivity index is 1.65. The van der Waals surface area contributed by atoms with Crippen molar-refractivity contribution in [3.05, 3.63) is 76.3 Å². The zero-order valence-corrected chi connectivity index (χ0v) is 22.4. The largest absolute Gasteiger partial charge is 0.493 e. The van der Waals surface area contributed by atoms with Gasteiger partial charge in [-0.1, -0.05) is 51.1 Å². The third-order valence-electron chi connectivity index (χ3n) is 6.43. The van der Waals surface area contributed by atoms with E-state index in [1.54, 1.807) is 31.6 Å². The van der Waals surface area contributed by atoms with E-state index in [2.05, 4.69) is 45.0 Å². The first-order valence-corrected chi connectivity index (χ1v) is 12.7. The van der Waals surface area contributed by atoms with E-state index in [0.717, 1.165) is 27.5 Å². The number of carboxylic acids is 1. The van der Waals surface area contributed by atoms with Gasteiger partial charge in [0.05, 0.1) is 31.2 Å². The van der Waals surface area contributed by atoms with Gasteiger partial charge < -0.3 is 19.1 Å². The van der Waals surface area contributed by atoms with Crippen molar-refractivity contribution in [2.75, 3.05) is 14.2 Å². The van der Waals surface area contributed by atoms with Gasteiger partial charge in [-0.25, -0.2) is 9.78 Å². The molecule has 0 fully saturated rings. The molecular formula is C29H32N2O4S. The standard InChI is InChI=1S/C29H32N2O4S/c1-18-22(28(32)33)16-24(31(18)14-13-19-7-12-25(34-5)26(15-19)35-6)23-17-36-27(30-23)20-8-10-21(11-9-20)29(2,3)4/h7-12,15-17H,13-14H2,1-6H3,(H,32,33). The summed E-state index contributed by atoms with van der Waals surface area (Å²) in [5.74, 6) is 0.414. The van der Waals surface area contributed by atoms with Crippen LogP contribution in [0.5, 0.6) is 11.5 Å². The number of aryl methyl sites for hydroxylation is 1. The molecule has 0 unspecified atom stereocenters. The highest BCUT2D eigenvalue weighted by molar-refractivity contribution is 7.13. The monoisotopic (exact) mass is 504 g/mol. The Bertz CT molecular complexity index is 1380. The molecule has 188 valence electrons. The number of thiazole rings is 1. The summed E-state index contributed by atoms with van der Waals surface area (Å²) in [4.78, 5) is 16.8. The van der Waals surface area contributed by atoms with Crippen LogP contribution in [-0.4, -0.2) is 34.8 Å². The van der Waals surface area contributed by atoms with Crippen molar-refractivity contribution in [3.8, 4) is 33.5 Å². The molecule has 0 aliphatic carbocycles. The Kier molecular flexibility index (Phi) is 7.22. The summed E-state index contributed by atoms with van der Waals surface area (Å²) in [6.07, 6.45) is 0.702. The van der Waals surface area contributed by atoms with Gasteiger partial charge in [-0.15, -0.1) is 11.3 Å². The van der Waals surface area contributed by atoms with Gasteiger partial charge in [0.25, 0.3) is 0 Å². The summed E-state index contributed by atoms with van der Waals surface area (Å²) in [6.45, 7) is 9.04. The zero-order chi connectivity index (χ0) is 26.0. The SMILES string of the molecule is COc1ccc(CCn2c(-c3csc(-c4ccc(C(C)(C)C)cc4)n3)cc(C(=O)O)c2C)cc1OC. The predicted molar refractivity (Wildman–Crippen MR) is 145 cm³/mol. The van der Waals surface area contributed by atoms with Crippen LogP contribution in [0.3, 0.4) is 0 Å². The van der Waals surface area contributed by atoms with E-state index >= 15 is 0 Å². The van der Waals surface area contributed by atoms with Gasteiger partial charge in [0.15, 0.2) is 11.5 Å². The van der Waals surface area contributed by atoms with Crippen LogP contribution in [0, 0.1) is 6.92 Å². The number of hydrogen-bond acceptors (Lipinski definition) is 5. The van der Waals surface area contributed by atoms with Crippen LogP contribution in [0.2, 0.25) is 0 Å². The van der Waals surface area contributed by atoms with Crippen LogP contribution >= 0.6 is 11.3 Å². The lowest BCUT2D eigenvalue weighted by Crippen LogP contribution is -2.10. The number of methoxy groups -OCH3 is 2. The van der Waals surface area contributed by atoms with Crippen LogP contribution in [0.4, 0.5) is 0 Å². The quantitative estimate of drug-likeness (QED) is 0.284. The highest BCUT2D eigenvalue weighted by Gasteiger charge is 2.20. The Morgan fingerprint density at radius 2 is 1.72 bits per heavy atom. The number of nitrogens with zero attached hydrogens (tertiary/aromatic N) is 2. The number of aromatic nitrogens is 2.